The number of nitrogens with two attached hydrogens (primary N) is 1. The van der Waals surface area contributed by atoms with Crippen LogP contribution in [0.2, 0.25) is 0 Å². The van der Waals surface area contributed by atoms with E-state index in [9.17, 15) is 9.90 Å². The Balaban J connectivity index is 2.78. The van der Waals surface area contributed by atoms with Gasteiger partial charge in [0.2, 0.25) is 0 Å². The third-order valence-electron chi connectivity index (χ3n) is 1.83. The van der Waals surface area contributed by atoms with Crippen molar-refractivity contribution in [2.45, 2.75) is 13.8 Å². The number of esters is 1. The first-order chi connectivity index (χ1) is 7.02. The predicted molar refractivity (Wildman–Crippen MR) is 57.6 cm³/mol. The quantitative estimate of drug-likeness (QED) is 0.452. The Morgan fingerprint density at radius 1 is 1.53 bits per heavy atom. The summed E-state index contributed by atoms with van der Waals surface area (Å²) in [4.78, 5) is 11.5. The van der Waals surface area contributed by atoms with Gasteiger partial charge in [0.25, 0.3) is 0 Å². The Hall–Kier alpha value is -1.71. The number of benzene rings is 1. The van der Waals surface area contributed by atoms with Crippen LogP contribution < -0.4 is 5.73 Å². The van der Waals surface area contributed by atoms with Gasteiger partial charge in [-0.3, -0.25) is 0 Å². The van der Waals surface area contributed by atoms with E-state index in [0.29, 0.717) is 6.61 Å². The summed E-state index contributed by atoms with van der Waals surface area (Å²) in [5.41, 5.74) is 5.74. The van der Waals surface area contributed by atoms with Crippen LogP contribution >= 0.6 is 0 Å². The van der Waals surface area contributed by atoms with Gasteiger partial charge in [-0.2, -0.15) is 0 Å². The van der Waals surface area contributed by atoms with Gasteiger partial charge in [-0.15, -0.1) is 0 Å². The van der Waals surface area contributed by atoms with Crippen molar-refractivity contribution < 1.29 is 14.6 Å². The average Bonchev–Trinajstić information content (AvgIpc) is 2.18. The summed E-state index contributed by atoms with van der Waals surface area (Å²) in [5.74, 6) is -0.503. The van der Waals surface area contributed by atoms with Gasteiger partial charge in [-0.1, -0.05) is 19.9 Å². The van der Waals surface area contributed by atoms with Gasteiger partial charge in [0, 0.05) is 0 Å². The third-order valence-corrected chi connectivity index (χ3v) is 1.83. The van der Waals surface area contributed by atoms with Crippen LogP contribution in [-0.2, 0) is 4.74 Å². The highest BCUT2D eigenvalue weighted by atomic mass is 16.5. The molecule has 0 bridgehead atoms. The summed E-state index contributed by atoms with van der Waals surface area (Å²) < 4.78 is 4.97. The van der Waals surface area contributed by atoms with E-state index in [4.69, 9.17) is 10.5 Å². The largest absolute Gasteiger partial charge is 0.505 e. The SMILES string of the molecule is CC(C)COC(=O)c1cccc(N)c1O. The number of hydrogen-bond acceptors (Lipinski definition) is 4. The van der Waals surface area contributed by atoms with Crippen LogP contribution in [0.25, 0.3) is 0 Å². The summed E-state index contributed by atoms with van der Waals surface area (Å²) in [7, 11) is 0. The van der Waals surface area contributed by atoms with Gasteiger partial charge in [-0.05, 0) is 18.1 Å². The molecule has 0 unspecified atom stereocenters. The van der Waals surface area contributed by atoms with Crippen molar-refractivity contribution in [3.8, 4) is 5.75 Å². The standard InChI is InChI=1S/C11H15NO3/c1-7(2)6-15-11(14)8-4-3-5-9(12)10(8)13/h3-5,7,13H,6,12H2,1-2H3. The zero-order valence-electron chi connectivity index (χ0n) is 8.86. The zero-order valence-corrected chi connectivity index (χ0v) is 8.86. The van der Waals surface area contributed by atoms with Gasteiger partial charge in [0.05, 0.1) is 12.3 Å². The predicted octanol–water partition coefficient (Wildman–Crippen LogP) is 1.79. The molecule has 0 aliphatic heterocycles. The van der Waals surface area contributed by atoms with E-state index >= 15 is 0 Å². The number of para-hydroxylation sites is 1. The van der Waals surface area contributed by atoms with Gasteiger partial charge in [0.15, 0.2) is 5.75 Å². The van der Waals surface area contributed by atoms with E-state index in [0.717, 1.165) is 0 Å². The maximum absolute atomic E-state index is 11.5. The van der Waals surface area contributed by atoms with Crippen LogP contribution in [0.1, 0.15) is 24.2 Å². The van der Waals surface area contributed by atoms with Crippen molar-refractivity contribution in [2.24, 2.45) is 5.92 Å². The first-order valence-corrected chi connectivity index (χ1v) is 4.77. The Kier molecular flexibility index (Phi) is 3.55. The summed E-state index contributed by atoms with van der Waals surface area (Å²) in [6, 6.07) is 4.60. The Bertz CT molecular complexity index is 361. The molecule has 0 saturated carbocycles. The molecule has 0 aromatic heterocycles. The van der Waals surface area contributed by atoms with E-state index in [2.05, 4.69) is 0 Å². The minimum absolute atomic E-state index is 0.107. The lowest BCUT2D eigenvalue weighted by Crippen LogP contribution is -2.10. The minimum atomic E-state index is -0.548. The molecule has 1 aromatic carbocycles. The highest BCUT2D eigenvalue weighted by molar-refractivity contribution is 5.94. The Morgan fingerprint density at radius 2 is 2.20 bits per heavy atom. The first-order valence-electron chi connectivity index (χ1n) is 4.77. The van der Waals surface area contributed by atoms with Crippen LogP contribution in [0.15, 0.2) is 18.2 Å². The number of anilines is 1. The molecule has 0 amide bonds. The fraction of sp³-hybridized carbons (Fsp3) is 0.364. The molecule has 0 saturated heterocycles. The van der Waals surface area contributed by atoms with Crippen LogP contribution in [-0.4, -0.2) is 17.7 Å². The van der Waals surface area contributed by atoms with Gasteiger partial charge >= 0.3 is 5.97 Å². The number of carbonyl (C=O) groups is 1. The van der Waals surface area contributed by atoms with Gasteiger partial charge in [0.1, 0.15) is 5.56 Å². The molecule has 82 valence electrons. The van der Waals surface area contributed by atoms with Crippen LogP contribution in [0.5, 0.6) is 5.75 Å². The van der Waals surface area contributed by atoms with Gasteiger partial charge < -0.3 is 15.6 Å². The second-order valence-corrected chi connectivity index (χ2v) is 3.74. The number of ether oxygens (including phenoxy) is 1. The highest BCUT2D eigenvalue weighted by Crippen LogP contribution is 2.24. The molecular weight excluding hydrogens is 194 g/mol. The van der Waals surface area contributed by atoms with Crippen molar-refractivity contribution in [2.75, 3.05) is 12.3 Å². The monoisotopic (exact) mass is 209 g/mol. The number of phenolic OH excluding ortho intramolecular Hbond substituents is 1. The molecule has 1 aromatic rings. The van der Waals surface area contributed by atoms with Gasteiger partial charge in [-0.25, -0.2) is 4.79 Å². The fourth-order valence-corrected chi connectivity index (χ4v) is 1.05. The van der Waals surface area contributed by atoms with Crippen LogP contribution in [0, 0.1) is 5.92 Å². The average molecular weight is 209 g/mol. The minimum Gasteiger partial charge on any atom is -0.505 e. The van der Waals surface area contributed by atoms with E-state index in [1.165, 1.54) is 12.1 Å². The van der Waals surface area contributed by atoms with E-state index in [1.807, 2.05) is 13.8 Å². The molecule has 15 heavy (non-hydrogen) atoms. The molecule has 0 spiro atoms. The molecule has 3 N–H and O–H groups in total. The molecule has 0 aliphatic rings. The van der Waals surface area contributed by atoms with Crippen molar-refractivity contribution in [3.05, 3.63) is 23.8 Å². The summed E-state index contributed by atoms with van der Waals surface area (Å²) in [6.45, 7) is 4.20. The number of nitrogen functional groups attached to an aromatic ring is 1. The summed E-state index contributed by atoms with van der Waals surface area (Å²) in [6.07, 6.45) is 0. The number of rotatable bonds is 3. The summed E-state index contributed by atoms with van der Waals surface area (Å²) in [5, 5.41) is 9.51. The Morgan fingerprint density at radius 3 is 2.80 bits per heavy atom. The lowest BCUT2D eigenvalue weighted by atomic mass is 10.2. The molecule has 1 rings (SSSR count). The number of aromatic hydroxyl groups is 1. The lowest BCUT2D eigenvalue weighted by molar-refractivity contribution is 0.0456. The van der Waals surface area contributed by atoms with Crippen molar-refractivity contribution >= 4 is 11.7 Å². The fourth-order valence-electron chi connectivity index (χ4n) is 1.05. The second kappa shape index (κ2) is 4.68. The van der Waals surface area contributed by atoms with Crippen molar-refractivity contribution in [3.63, 3.8) is 0 Å². The number of phenols is 1. The molecule has 0 heterocycles. The lowest BCUT2D eigenvalue weighted by Gasteiger charge is -2.09. The maximum Gasteiger partial charge on any atom is 0.342 e. The summed E-state index contributed by atoms with van der Waals surface area (Å²) >= 11 is 0. The van der Waals surface area contributed by atoms with E-state index < -0.39 is 5.97 Å². The smallest absolute Gasteiger partial charge is 0.342 e. The topological polar surface area (TPSA) is 72.5 Å². The van der Waals surface area contributed by atoms with Crippen LogP contribution in [0.3, 0.4) is 0 Å². The second-order valence-electron chi connectivity index (χ2n) is 3.74. The van der Waals surface area contributed by atoms with Crippen molar-refractivity contribution in [1.82, 2.24) is 0 Å². The molecule has 0 fully saturated rings. The molecule has 0 radical (unpaired) electrons. The van der Waals surface area contributed by atoms with Crippen molar-refractivity contribution in [1.29, 1.82) is 0 Å². The van der Waals surface area contributed by atoms with E-state index in [1.54, 1.807) is 6.07 Å². The molecule has 4 heteroatoms. The normalized spacial score (nSPS) is 10.3. The van der Waals surface area contributed by atoms with Crippen LogP contribution in [0.4, 0.5) is 5.69 Å². The van der Waals surface area contributed by atoms with E-state index in [-0.39, 0.29) is 22.9 Å². The highest BCUT2D eigenvalue weighted by Gasteiger charge is 2.14. The molecule has 4 nitrogen and oxygen atoms in total. The molecule has 0 atom stereocenters. The number of hydrogen-bond donors (Lipinski definition) is 2. The third kappa shape index (κ3) is 2.87. The number of carbonyl (C=O) groups excluding carboxylic acids is 1. The zero-order chi connectivity index (χ0) is 11.4. The first kappa shape index (κ1) is 11.4. The molecular formula is C11H15NO3. The Labute approximate surface area is 88.7 Å². The molecule has 0 aliphatic carbocycles. The maximum atomic E-state index is 11.5.